The number of carbonyl (C=O) groups excluding carboxylic acids is 1. The molecule has 0 spiro atoms. The summed E-state index contributed by atoms with van der Waals surface area (Å²) in [4.78, 5) is 12.0. The minimum atomic E-state index is -3.61. The highest BCUT2D eigenvalue weighted by Gasteiger charge is 2.60. The molecule has 0 saturated carbocycles. The van der Waals surface area contributed by atoms with Gasteiger partial charge in [-0.05, 0) is 48.9 Å². The van der Waals surface area contributed by atoms with Crippen LogP contribution in [0, 0.1) is 0 Å². The predicted molar refractivity (Wildman–Crippen MR) is 82.1 cm³/mol. The molecule has 0 aliphatic carbocycles. The first-order chi connectivity index (χ1) is 9.25. The van der Waals surface area contributed by atoms with Crippen LogP contribution in [0.3, 0.4) is 0 Å². The quantitative estimate of drug-likeness (QED) is 0.791. The van der Waals surface area contributed by atoms with Crippen molar-refractivity contribution in [2.45, 2.75) is 18.6 Å². The molecule has 1 heterocycles. The molecule has 0 atom stereocenters. The molecule has 104 valence electrons. The lowest BCUT2D eigenvalue weighted by Gasteiger charge is -2.42. The number of fused-ring (bicyclic) bond motifs is 1. The minimum Gasteiger partial charge on any atom is -0.272 e. The molecule has 3 rings (SSSR count). The van der Waals surface area contributed by atoms with Gasteiger partial charge in [0.25, 0.3) is 15.9 Å². The van der Waals surface area contributed by atoms with Crippen LogP contribution in [0.2, 0.25) is 0 Å². The zero-order valence-corrected chi connectivity index (χ0v) is 13.3. The Balaban J connectivity index is 2.13. The second-order valence-electron chi connectivity index (χ2n) is 5.26. The molecule has 4 nitrogen and oxygen atoms in total. The summed E-state index contributed by atoms with van der Waals surface area (Å²) >= 11 is 3.39. The summed E-state index contributed by atoms with van der Waals surface area (Å²) in [5.74, 6) is -0.394. The van der Waals surface area contributed by atoms with Crippen molar-refractivity contribution in [2.24, 2.45) is 0 Å². The van der Waals surface area contributed by atoms with Gasteiger partial charge in [0.05, 0.1) is 5.69 Å². The lowest BCUT2D eigenvalue weighted by atomic mass is 10.1. The SMILES string of the molecule is CC1(C)C(=O)N(c2ccc3cc(Br)ccc3c2)S1(=O)=O. The molecule has 0 bridgehead atoms. The molecule has 2 aromatic carbocycles. The van der Waals surface area contributed by atoms with Gasteiger partial charge >= 0.3 is 0 Å². The van der Waals surface area contributed by atoms with E-state index >= 15 is 0 Å². The van der Waals surface area contributed by atoms with Crippen molar-refractivity contribution in [2.75, 3.05) is 4.31 Å². The summed E-state index contributed by atoms with van der Waals surface area (Å²) in [6, 6.07) is 10.9. The first kappa shape index (κ1) is 13.6. The van der Waals surface area contributed by atoms with Gasteiger partial charge in [-0.1, -0.05) is 28.1 Å². The van der Waals surface area contributed by atoms with Crippen LogP contribution >= 0.6 is 15.9 Å². The van der Waals surface area contributed by atoms with E-state index in [9.17, 15) is 13.2 Å². The number of amides is 1. The van der Waals surface area contributed by atoms with Gasteiger partial charge in [0.2, 0.25) is 0 Å². The van der Waals surface area contributed by atoms with Crippen molar-refractivity contribution < 1.29 is 13.2 Å². The maximum Gasteiger partial charge on any atom is 0.263 e. The monoisotopic (exact) mass is 353 g/mol. The maximum atomic E-state index is 12.2. The highest BCUT2D eigenvalue weighted by molar-refractivity contribution is 9.10. The molecule has 0 N–H and O–H groups in total. The van der Waals surface area contributed by atoms with Gasteiger partial charge in [0.1, 0.15) is 0 Å². The molecular formula is C14H12BrNO3S. The van der Waals surface area contributed by atoms with Gasteiger partial charge < -0.3 is 0 Å². The Bertz CT molecular complexity index is 843. The summed E-state index contributed by atoms with van der Waals surface area (Å²) in [6.45, 7) is 2.86. The molecule has 6 heteroatoms. The third-order valence-corrected chi connectivity index (χ3v) is 6.42. The number of anilines is 1. The molecular weight excluding hydrogens is 342 g/mol. The van der Waals surface area contributed by atoms with Gasteiger partial charge in [-0.3, -0.25) is 4.79 Å². The molecule has 1 aliphatic heterocycles. The van der Waals surface area contributed by atoms with Crippen molar-refractivity contribution in [3.8, 4) is 0 Å². The highest BCUT2D eigenvalue weighted by Crippen LogP contribution is 2.39. The van der Waals surface area contributed by atoms with Crippen molar-refractivity contribution >= 4 is 48.3 Å². The Hall–Kier alpha value is -1.40. The average molecular weight is 354 g/mol. The Morgan fingerprint density at radius 2 is 1.65 bits per heavy atom. The Labute approximate surface area is 125 Å². The molecule has 1 fully saturated rings. The minimum absolute atomic E-state index is 0.393. The summed E-state index contributed by atoms with van der Waals surface area (Å²) in [6.07, 6.45) is 0. The zero-order chi connectivity index (χ0) is 14.7. The normalized spacial score (nSPS) is 19.9. The highest BCUT2D eigenvalue weighted by atomic mass is 79.9. The van der Waals surface area contributed by atoms with E-state index in [4.69, 9.17) is 0 Å². The smallest absolute Gasteiger partial charge is 0.263 e. The molecule has 1 saturated heterocycles. The number of hydrogen-bond donors (Lipinski definition) is 0. The van der Waals surface area contributed by atoms with Crippen LogP contribution in [-0.4, -0.2) is 19.1 Å². The number of nitrogens with zero attached hydrogens (tertiary/aromatic N) is 1. The summed E-state index contributed by atoms with van der Waals surface area (Å²) in [5, 5.41) is 1.87. The van der Waals surface area contributed by atoms with E-state index in [1.54, 1.807) is 12.1 Å². The van der Waals surface area contributed by atoms with Crippen LogP contribution in [0.15, 0.2) is 40.9 Å². The van der Waals surface area contributed by atoms with Crippen molar-refractivity contribution in [1.29, 1.82) is 0 Å². The Morgan fingerprint density at radius 1 is 1.05 bits per heavy atom. The van der Waals surface area contributed by atoms with Crippen LogP contribution in [0.1, 0.15) is 13.8 Å². The van der Waals surface area contributed by atoms with Gasteiger partial charge in [-0.15, -0.1) is 0 Å². The maximum absolute atomic E-state index is 12.2. The fourth-order valence-corrected chi connectivity index (χ4v) is 4.09. The van der Waals surface area contributed by atoms with Gasteiger partial charge in [0, 0.05) is 4.47 Å². The second kappa shape index (κ2) is 4.05. The third kappa shape index (κ3) is 1.64. The molecule has 0 aromatic heterocycles. The number of hydrogen-bond acceptors (Lipinski definition) is 3. The average Bonchev–Trinajstić information content (AvgIpc) is 2.38. The fraction of sp³-hybridized carbons (Fsp3) is 0.214. The lowest BCUT2D eigenvalue weighted by molar-refractivity contribution is -0.120. The zero-order valence-electron chi connectivity index (χ0n) is 10.9. The van der Waals surface area contributed by atoms with Gasteiger partial charge in [0.15, 0.2) is 4.75 Å². The van der Waals surface area contributed by atoms with Crippen LogP contribution < -0.4 is 4.31 Å². The summed E-state index contributed by atoms with van der Waals surface area (Å²) in [5.41, 5.74) is 0.393. The third-order valence-electron chi connectivity index (χ3n) is 3.61. The Morgan fingerprint density at radius 3 is 2.30 bits per heavy atom. The number of carbonyl (C=O) groups is 1. The molecule has 1 amide bonds. The standard InChI is InChI=1S/C14H12BrNO3S/c1-14(2)13(17)16(20(14,18)19)12-6-4-9-7-11(15)5-3-10(9)8-12/h3-8H,1-2H3. The molecule has 2 aromatic rings. The lowest BCUT2D eigenvalue weighted by Crippen LogP contribution is -2.67. The fourth-order valence-electron chi connectivity index (χ4n) is 2.24. The number of rotatable bonds is 1. The van der Waals surface area contributed by atoms with Crippen molar-refractivity contribution in [3.63, 3.8) is 0 Å². The first-order valence-corrected chi connectivity index (χ1v) is 8.27. The van der Waals surface area contributed by atoms with Crippen LogP contribution in [0.25, 0.3) is 10.8 Å². The van der Waals surface area contributed by atoms with Crippen molar-refractivity contribution in [3.05, 3.63) is 40.9 Å². The second-order valence-corrected chi connectivity index (χ2v) is 8.51. The largest absolute Gasteiger partial charge is 0.272 e. The van der Waals surface area contributed by atoms with E-state index < -0.39 is 20.7 Å². The molecule has 1 aliphatic rings. The Kier molecular flexibility index (Phi) is 2.75. The number of halogens is 1. The summed E-state index contributed by atoms with van der Waals surface area (Å²) in [7, 11) is -3.61. The van der Waals surface area contributed by atoms with E-state index in [0.717, 1.165) is 19.6 Å². The van der Waals surface area contributed by atoms with E-state index in [1.807, 2.05) is 24.3 Å². The van der Waals surface area contributed by atoms with E-state index in [1.165, 1.54) is 13.8 Å². The number of benzene rings is 2. The molecule has 0 radical (unpaired) electrons. The van der Waals surface area contributed by atoms with Gasteiger partial charge in [-0.2, -0.15) is 0 Å². The molecule has 0 unspecified atom stereocenters. The van der Waals surface area contributed by atoms with E-state index in [0.29, 0.717) is 5.69 Å². The number of sulfonamides is 1. The first-order valence-electron chi connectivity index (χ1n) is 6.04. The topological polar surface area (TPSA) is 54.5 Å². The van der Waals surface area contributed by atoms with Crippen molar-refractivity contribution in [1.82, 2.24) is 0 Å². The van der Waals surface area contributed by atoms with E-state index in [-0.39, 0.29) is 0 Å². The van der Waals surface area contributed by atoms with Crippen LogP contribution in [0.5, 0.6) is 0 Å². The predicted octanol–water partition coefficient (Wildman–Crippen LogP) is 3.06. The van der Waals surface area contributed by atoms with Gasteiger partial charge in [-0.25, -0.2) is 12.7 Å². The van der Waals surface area contributed by atoms with E-state index in [2.05, 4.69) is 15.9 Å². The molecule has 20 heavy (non-hydrogen) atoms. The summed E-state index contributed by atoms with van der Waals surface area (Å²) < 4.78 is 24.8. The van der Waals surface area contributed by atoms with Crippen LogP contribution in [0.4, 0.5) is 5.69 Å². The van der Waals surface area contributed by atoms with Crippen LogP contribution in [-0.2, 0) is 14.8 Å².